The maximum absolute atomic E-state index is 12.9. The number of rotatable bonds is 4. The normalized spacial score (nSPS) is 18.3. The zero-order valence-electron chi connectivity index (χ0n) is 13.6. The Morgan fingerprint density at radius 3 is 2.58 bits per heavy atom. The quantitative estimate of drug-likeness (QED) is 0.843. The van der Waals surface area contributed by atoms with E-state index in [1.54, 1.807) is 24.5 Å². The molecule has 1 aliphatic heterocycles. The van der Waals surface area contributed by atoms with E-state index in [2.05, 4.69) is 10.3 Å². The van der Waals surface area contributed by atoms with E-state index in [1.165, 1.54) is 24.3 Å². The van der Waals surface area contributed by atoms with Crippen molar-refractivity contribution in [3.05, 3.63) is 59.4 Å². The predicted octanol–water partition coefficient (Wildman–Crippen LogP) is 1.24. The van der Waals surface area contributed by atoms with Crippen molar-refractivity contribution in [2.75, 3.05) is 13.1 Å². The van der Waals surface area contributed by atoms with Crippen molar-refractivity contribution >= 4 is 33.4 Å². The first-order valence-electron chi connectivity index (χ1n) is 7.85. The van der Waals surface area contributed by atoms with Gasteiger partial charge in [-0.05, 0) is 42.3 Å². The Hall–Kier alpha value is -2.45. The van der Waals surface area contributed by atoms with Gasteiger partial charge in [0.25, 0.3) is 10.0 Å². The molecule has 1 fully saturated rings. The van der Waals surface area contributed by atoms with Gasteiger partial charge in [-0.2, -0.15) is 0 Å². The fourth-order valence-electron chi connectivity index (χ4n) is 2.69. The minimum absolute atomic E-state index is 0.0686. The van der Waals surface area contributed by atoms with Gasteiger partial charge in [0.05, 0.1) is 10.8 Å². The molecule has 1 atom stereocenters. The van der Waals surface area contributed by atoms with Crippen molar-refractivity contribution in [2.45, 2.75) is 11.3 Å². The predicted molar refractivity (Wildman–Crippen MR) is 94.8 cm³/mol. The van der Waals surface area contributed by atoms with E-state index in [4.69, 9.17) is 11.6 Å². The number of carbonyl (C=O) groups excluding carboxylic acids is 2. The summed E-state index contributed by atoms with van der Waals surface area (Å²) in [6.07, 6.45) is 3.50. The van der Waals surface area contributed by atoms with Gasteiger partial charge in [-0.15, -0.1) is 0 Å². The number of carbonyl (C=O) groups is 2. The molecule has 136 valence electrons. The van der Waals surface area contributed by atoms with Gasteiger partial charge in [0, 0.05) is 24.0 Å². The monoisotopic (exact) mass is 393 g/mol. The maximum atomic E-state index is 12.9. The zero-order chi connectivity index (χ0) is 18.7. The molecule has 1 N–H and O–H groups in total. The summed E-state index contributed by atoms with van der Waals surface area (Å²) in [4.78, 5) is 28.8. The largest absolute Gasteiger partial charge is 0.354 e. The van der Waals surface area contributed by atoms with Gasteiger partial charge in [0.1, 0.15) is 6.54 Å². The van der Waals surface area contributed by atoms with E-state index in [0.29, 0.717) is 9.33 Å². The van der Waals surface area contributed by atoms with Crippen LogP contribution in [0.2, 0.25) is 5.02 Å². The van der Waals surface area contributed by atoms with Crippen LogP contribution >= 0.6 is 11.6 Å². The fourth-order valence-corrected chi connectivity index (χ4v) is 4.23. The number of hydrogen-bond donors (Lipinski definition) is 1. The number of benzene rings is 1. The Balaban J connectivity index is 1.92. The Morgan fingerprint density at radius 2 is 1.92 bits per heavy atom. The Kier molecular flexibility index (Phi) is 5.24. The Morgan fingerprint density at radius 1 is 1.19 bits per heavy atom. The van der Waals surface area contributed by atoms with E-state index in [9.17, 15) is 18.0 Å². The summed E-state index contributed by atoms with van der Waals surface area (Å²) in [5, 5.41) is 2.97. The van der Waals surface area contributed by atoms with Gasteiger partial charge in [0.15, 0.2) is 0 Å². The lowest BCUT2D eigenvalue weighted by molar-refractivity contribution is -0.131. The summed E-state index contributed by atoms with van der Waals surface area (Å²) >= 11 is 5.79. The molecule has 3 rings (SSSR count). The number of amides is 2. The van der Waals surface area contributed by atoms with Crippen molar-refractivity contribution < 1.29 is 18.0 Å². The van der Waals surface area contributed by atoms with Gasteiger partial charge in [-0.25, -0.2) is 12.7 Å². The molecule has 7 nitrogen and oxygen atoms in total. The van der Waals surface area contributed by atoms with E-state index in [1.807, 2.05) is 0 Å². The molecule has 1 unspecified atom stereocenters. The van der Waals surface area contributed by atoms with Crippen LogP contribution in [0.3, 0.4) is 0 Å². The molecule has 1 aromatic carbocycles. The van der Waals surface area contributed by atoms with Crippen LogP contribution in [0, 0.1) is 5.92 Å². The Bertz CT molecular complexity index is 917. The molecule has 26 heavy (non-hydrogen) atoms. The maximum Gasteiger partial charge on any atom is 0.266 e. The van der Waals surface area contributed by atoms with Crippen LogP contribution < -0.4 is 5.32 Å². The second kappa shape index (κ2) is 7.43. The lowest BCUT2D eigenvalue weighted by Crippen LogP contribution is -2.42. The minimum Gasteiger partial charge on any atom is -0.354 e. The highest BCUT2D eigenvalue weighted by molar-refractivity contribution is 7.89. The Labute approximate surface area is 156 Å². The van der Waals surface area contributed by atoms with Crippen molar-refractivity contribution in [1.29, 1.82) is 0 Å². The molecule has 0 aliphatic carbocycles. The third kappa shape index (κ3) is 3.86. The summed E-state index contributed by atoms with van der Waals surface area (Å²) in [5.41, 5.74) is 0.783. The summed E-state index contributed by atoms with van der Waals surface area (Å²) in [5.74, 6) is -1.85. The summed E-state index contributed by atoms with van der Waals surface area (Å²) in [7, 11) is -4.16. The van der Waals surface area contributed by atoms with Gasteiger partial charge in [0.2, 0.25) is 11.8 Å². The zero-order valence-corrected chi connectivity index (χ0v) is 15.2. The molecular weight excluding hydrogens is 378 g/mol. The first-order chi connectivity index (χ1) is 12.4. The average Bonchev–Trinajstić information content (AvgIpc) is 2.77. The summed E-state index contributed by atoms with van der Waals surface area (Å²) in [6, 6.07) is 8.99. The van der Waals surface area contributed by atoms with Crippen LogP contribution in [0.4, 0.5) is 0 Å². The van der Waals surface area contributed by atoms with Crippen molar-refractivity contribution in [3.8, 4) is 0 Å². The van der Waals surface area contributed by atoms with Crippen LogP contribution in [-0.4, -0.2) is 42.6 Å². The molecule has 0 spiro atoms. The van der Waals surface area contributed by atoms with E-state index in [-0.39, 0.29) is 17.9 Å². The SMILES string of the molecule is O=C1CN(S(=O)(=O)c2ccc(Cl)cc2)C(=O)C(Cc2cccnc2)CN1. The molecule has 2 aromatic rings. The molecule has 1 saturated heterocycles. The molecular formula is C17H16ClN3O4S. The fraction of sp³-hybridized carbons (Fsp3) is 0.235. The number of halogens is 1. The highest BCUT2D eigenvalue weighted by atomic mass is 35.5. The van der Waals surface area contributed by atoms with Gasteiger partial charge in [-0.3, -0.25) is 14.6 Å². The van der Waals surface area contributed by atoms with Crippen LogP contribution in [0.15, 0.2) is 53.7 Å². The third-order valence-electron chi connectivity index (χ3n) is 4.03. The number of hydrogen-bond acceptors (Lipinski definition) is 5. The average molecular weight is 394 g/mol. The number of nitrogens with zero attached hydrogens (tertiary/aromatic N) is 2. The third-order valence-corrected chi connectivity index (χ3v) is 6.04. The summed E-state index contributed by atoms with van der Waals surface area (Å²) in [6.45, 7) is -0.480. The van der Waals surface area contributed by atoms with E-state index in [0.717, 1.165) is 5.56 Å². The first kappa shape index (κ1) is 18.3. The second-order valence-corrected chi connectivity index (χ2v) is 8.17. The van der Waals surface area contributed by atoms with E-state index < -0.39 is 34.3 Å². The standard InChI is InChI=1S/C17H16ClN3O4S/c18-14-3-5-15(6-4-14)26(24,25)21-11-16(22)20-10-13(17(21)23)8-12-2-1-7-19-9-12/h1-7,9,13H,8,10-11H2,(H,20,22). The minimum atomic E-state index is -4.16. The molecule has 0 radical (unpaired) electrons. The number of pyridine rings is 1. The van der Waals surface area contributed by atoms with Crippen molar-refractivity contribution in [3.63, 3.8) is 0 Å². The molecule has 9 heteroatoms. The van der Waals surface area contributed by atoms with Crippen LogP contribution in [0.5, 0.6) is 0 Å². The first-order valence-corrected chi connectivity index (χ1v) is 9.67. The number of nitrogens with one attached hydrogen (secondary N) is 1. The topological polar surface area (TPSA) is 96.4 Å². The molecule has 1 aromatic heterocycles. The van der Waals surface area contributed by atoms with Gasteiger partial charge >= 0.3 is 0 Å². The summed E-state index contributed by atoms with van der Waals surface area (Å²) < 4.78 is 26.4. The second-order valence-electron chi connectivity index (χ2n) is 5.87. The number of sulfonamides is 1. The van der Waals surface area contributed by atoms with Gasteiger partial charge in [-0.1, -0.05) is 17.7 Å². The van der Waals surface area contributed by atoms with Crippen LogP contribution in [0.1, 0.15) is 5.56 Å². The van der Waals surface area contributed by atoms with Crippen LogP contribution in [-0.2, 0) is 26.0 Å². The van der Waals surface area contributed by atoms with Gasteiger partial charge < -0.3 is 5.32 Å². The lowest BCUT2D eigenvalue weighted by atomic mass is 10.00. The molecule has 2 heterocycles. The molecule has 2 amide bonds. The highest BCUT2D eigenvalue weighted by Crippen LogP contribution is 2.22. The lowest BCUT2D eigenvalue weighted by Gasteiger charge is -2.23. The van der Waals surface area contributed by atoms with Crippen molar-refractivity contribution in [2.24, 2.45) is 5.92 Å². The number of aromatic nitrogens is 1. The smallest absolute Gasteiger partial charge is 0.266 e. The van der Waals surface area contributed by atoms with Crippen molar-refractivity contribution in [1.82, 2.24) is 14.6 Å². The van der Waals surface area contributed by atoms with Crippen LogP contribution in [0.25, 0.3) is 0 Å². The molecule has 0 saturated carbocycles. The molecule has 0 bridgehead atoms. The highest BCUT2D eigenvalue weighted by Gasteiger charge is 2.38. The molecule has 1 aliphatic rings. The van der Waals surface area contributed by atoms with E-state index >= 15 is 0 Å².